The Morgan fingerprint density at radius 1 is 1.35 bits per heavy atom. The Labute approximate surface area is 141 Å². The lowest BCUT2D eigenvalue weighted by Crippen LogP contribution is -2.37. The molecule has 4 heteroatoms. The van der Waals surface area contributed by atoms with E-state index in [0.29, 0.717) is 6.54 Å². The van der Waals surface area contributed by atoms with Crippen LogP contribution in [0.3, 0.4) is 0 Å². The quantitative estimate of drug-likeness (QED) is 0.834. The van der Waals surface area contributed by atoms with Crippen LogP contribution in [0.2, 0.25) is 0 Å². The molecular formula is C19H23NO2S. The summed E-state index contributed by atoms with van der Waals surface area (Å²) in [5.74, 6) is 0.0650. The molecule has 0 saturated carbocycles. The van der Waals surface area contributed by atoms with Crippen LogP contribution in [-0.4, -0.2) is 37.1 Å². The third-order valence-corrected chi connectivity index (χ3v) is 5.40. The van der Waals surface area contributed by atoms with Gasteiger partial charge in [0.2, 0.25) is 0 Å². The molecule has 2 aromatic rings. The van der Waals surface area contributed by atoms with Crippen LogP contribution < -0.4 is 0 Å². The van der Waals surface area contributed by atoms with Gasteiger partial charge in [0.15, 0.2) is 0 Å². The van der Waals surface area contributed by atoms with Crippen molar-refractivity contribution in [3.63, 3.8) is 0 Å². The summed E-state index contributed by atoms with van der Waals surface area (Å²) in [6.07, 6.45) is 3.56. The topological polar surface area (TPSA) is 29.5 Å². The van der Waals surface area contributed by atoms with Crippen LogP contribution in [0.15, 0.2) is 35.7 Å². The summed E-state index contributed by atoms with van der Waals surface area (Å²) in [7, 11) is 1.86. The fourth-order valence-corrected chi connectivity index (χ4v) is 3.95. The number of ether oxygens (including phenoxy) is 1. The number of hydrogen-bond donors (Lipinski definition) is 0. The minimum atomic E-state index is 0.0650. The standard InChI is InChI=1S/C19H23NO2S/c1-14-9-11-23-18(14)15-6-5-7-16(12-15)19(21)20(2)13-17-8-3-4-10-22-17/h5-7,9,11-12,17H,3-4,8,10,13H2,1-2H3. The number of rotatable bonds is 4. The normalized spacial score (nSPS) is 17.9. The summed E-state index contributed by atoms with van der Waals surface area (Å²) in [4.78, 5) is 15.7. The number of nitrogens with zero attached hydrogens (tertiary/aromatic N) is 1. The van der Waals surface area contributed by atoms with Gasteiger partial charge in [-0.2, -0.15) is 0 Å². The molecule has 1 aromatic heterocycles. The summed E-state index contributed by atoms with van der Waals surface area (Å²) in [6, 6.07) is 10.0. The highest BCUT2D eigenvalue weighted by molar-refractivity contribution is 7.13. The Bertz CT molecular complexity index is 674. The maximum atomic E-state index is 12.7. The Morgan fingerprint density at radius 3 is 2.91 bits per heavy atom. The van der Waals surface area contributed by atoms with E-state index >= 15 is 0 Å². The Morgan fingerprint density at radius 2 is 2.22 bits per heavy atom. The minimum Gasteiger partial charge on any atom is -0.376 e. The molecule has 122 valence electrons. The van der Waals surface area contributed by atoms with Crippen LogP contribution in [0.1, 0.15) is 35.2 Å². The molecule has 0 radical (unpaired) electrons. The Kier molecular flexibility index (Phi) is 5.13. The van der Waals surface area contributed by atoms with Crippen LogP contribution in [0, 0.1) is 6.92 Å². The third-order valence-electron chi connectivity index (χ3n) is 4.33. The fraction of sp³-hybridized carbons (Fsp3) is 0.421. The number of carbonyl (C=O) groups excluding carboxylic acids is 1. The van der Waals surface area contributed by atoms with Crippen molar-refractivity contribution in [1.82, 2.24) is 4.90 Å². The molecule has 2 heterocycles. The number of thiophene rings is 1. The van der Waals surface area contributed by atoms with Gasteiger partial charge in [-0.1, -0.05) is 12.1 Å². The zero-order chi connectivity index (χ0) is 16.2. The number of amides is 1. The molecule has 3 nitrogen and oxygen atoms in total. The van der Waals surface area contributed by atoms with Crippen LogP contribution in [0.4, 0.5) is 0 Å². The molecule has 1 saturated heterocycles. The van der Waals surface area contributed by atoms with E-state index in [1.165, 1.54) is 16.9 Å². The molecule has 1 atom stereocenters. The molecule has 1 aromatic carbocycles. The lowest BCUT2D eigenvalue weighted by atomic mass is 10.1. The van der Waals surface area contributed by atoms with Gasteiger partial charge >= 0.3 is 0 Å². The third kappa shape index (κ3) is 3.82. The van der Waals surface area contributed by atoms with Crippen molar-refractivity contribution in [2.75, 3.05) is 20.2 Å². The van der Waals surface area contributed by atoms with Gasteiger partial charge < -0.3 is 9.64 Å². The van der Waals surface area contributed by atoms with Crippen molar-refractivity contribution in [3.8, 4) is 10.4 Å². The molecule has 1 aliphatic heterocycles. The van der Waals surface area contributed by atoms with Gasteiger partial charge in [0.1, 0.15) is 0 Å². The number of hydrogen-bond acceptors (Lipinski definition) is 3. The zero-order valence-electron chi connectivity index (χ0n) is 13.7. The van der Waals surface area contributed by atoms with E-state index in [1.807, 2.05) is 25.2 Å². The summed E-state index contributed by atoms with van der Waals surface area (Å²) in [6.45, 7) is 3.59. The largest absolute Gasteiger partial charge is 0.376 e. The van der Waals surface area contributed by atoms with Crippen LogP contribution in [0.25, 0.3) is 10.4 Å². The predicted octanol–water partition coefficient (Wildman–Crippen LogP) is 4.36. The average Bonchev–Trinajstić information content (AvgIpc) is 3.01. The molecular weight excluding hydrogens is 306 g/mol. The summed E-state index contributed by atoms with van der Waals surface area (Å²) < 4.78 is 5.74. The highest BCUT2D eigenvalue weighted by atomic mass is 32.1. The van der Waals surface area contributed by atoms with E-state index in [4.69, 9.17) is 4.74 Å². The van der Waals surface area contributed by atoms with Crippen LogP contribution in [0.5, 0.6) is 0 Å². The van der Waals surface area contributed by atoms with Gasteiger partial charge in [0.25, 0.3) is 5.91 Å². The zero-order valence-corrected chi connectivity index (χ0v) is 14.6. The van der Waals surface area contributed by atoms with E-state index < -0.39 is 0 Å². The molecule has 0 bridgehead atoms. The highest BCUT2D eigenvalue weighted by Crippen LogP contribution is 2.29. The molecule has 1 amide bonds. The molecule has 1 fully saturated rings. The average molecular weight is 329 g/mol. The van der Waals surface area contributed by atoms with E-state index in [1.54, 1.807) is 16.2 Å². The van der Waals surface area contributed by atoms with Crippen molar-refractivity contribution in [1.29, 1.82) is 0 Å². The van der Waals surface area contributed by atoms with E-state index in [0.717, 1.165) is 30.6 Å². The Hall–Kier alpha value is -1.65. The molecule has 0 N–H and O–H groups in total. The summed E-state index contributed by atoms with van der Waals surface area (Å²) in [5.41, 5.74) is 3.11. The molecule has 23 heavy (non-hydrogen) atoms. The van der Waals surface area contributed by atoms with Crippen molar-refractivity contribution in [3.05, 3.63) is 46.8 Å². The first kappa shape index (κ1) is 16.2. The highest BCUT2D eigenvalue weighted by Gasteiger charge is 2.20. The maximum Gasteiger partial charge on any atom is 0.253 e. The first-order chi connectivity index (χ1) is 11.1. The van der Waals surface area contributed by atoms with Crippen molar-refractivity contribution in [2.45, 2.75) is 32.3 Å². The van der Waals surface area contributed by atoms with Gasteiger partial charge in [-0.05, 0) is 60.9 Å². The Balaban J connectivity index is 1.73. The second-order valence-corrected chi connectivity index (χ2v) is 7.10. The minimum absolute atomic E-state index is 0.0650. The lowest BCUT2D eigenvalue weighted by Gasteiger charge is -2.27. The molecule has 1 unspecified atom stereocenters. The van der Waals surface area contributed by atoms with Gasteiger partial charge in [-0.15, -0.1) is 11.3 Å². The van der Waals surface area contributed by atoms with Crippen LogP contribution >= 0.6 is 11.3 Å². The fourth-order valence-electron chi connectivity index (χ4n) is 3.02. The second kappa shape index (κ2) is 7.28. The van der Waals surface area contributed by atoms with Gasteiger partial charge in [0.05, 0.1) is 6.10 Å². The number of likely N-dealkylation sites (N-methyl/N-ethyl adjacent to an activating group) is 1. The summed E-state index contributed by atoms with van der Waals surface area (Å²) >= 11 is 1.72. The second-order valence-electron chi connectivity index (χ2n) is 6.19. The van der Waals surface area contributed by atoms with Crippen molar-refractivity contribution in [2.24, 2.45) is 0 Å². The first-order valence-electron chi connectivity index (χ1n) is 8.17. The van der Waals surface area contributed by atoms with E-state index in [-0.39, 0.29) is 12.0 Å². The lowest BCUT2D eigenvalue weighted by molar-refractivity contribution is -0.000186. The monoisotopic (exact) mass is 329 g/mol. The van der Waals surface area contributed by atoms with E-state index in [9.17, 15) is 4.79 Å². The van der Waals surface area contributed by atoms with Gasteiger partial charge in [0, 0.05) is 30.6 Å². The van der Waals surface area contributed by atoms with Crippen molar-refractivity contribution >= 4 is 17.2 Å². The van der Waals surface area contributed by atoms with Crippen molar-refractivity contribution < 1.29 is 9.53 Å². The first-order valence-corrected chi connectivity index (χ1v) is 9.04. The number of benzene rings is 1. The molecule has 0 spiro atoms. The smallest absolute Gasteiger partial charge is 0.253 e. The SMILES string of the molecule is Cc1ccsc1-c1cccc(C(=O)N(C)CC2CCCCO2)c1. The van der Waals surface area contributed by atoms with Gasteiger partial charge in [-0.25, -0.2) is 0 Å². The molecule has 1 aliphatic rings. The summed E-state index contributed by atoms with van der Waals surface area (Å²) in [5, 5.41) is 2.09. The predicted molar refractivity (Wildman–Crippen MR) is 95.0 cm³/mol. The number of aryl methyl sites for hydroxylation is 1. The maximum absolute atomic E-state index is 12.7. The van der Waals surface area contributed by atoms with Crippen LogP contribution in [-0.2, 0) is 4.74 Å². The van der Waals surface area contributed by atoms with Gasteiger partial charge in [-0.3, -0.25) is 4.79 Å². The molecule has 0 aliphatic carbocycles. The molecule has 3 rings (SSSR count). The van der Waals surface area contributed by atoms with E-state index in [2.05, 4.69) is 24.4 Å². The number of carbonyl (C=O) groups is 1.